The standard InChI is InChI=1S/C41H25N3/c1-3-11-26(12-4-1)30-19-20-32(33(21-30)27-13-5-2-6-14-27)31-23-35-34-22-28-15-7-8-16-29(28)24-38(34)44-40(35)39(25-31)43-37-18-10-9-17-36(37)42-41(43)44/h1-25H. The van der Waals surface area contributed by atoms with Crippen LogP contribution >= 0.6 is 0 Å². The first kappa shape index (κ1) is 23.6. The highest BCUT2D eigenvalue weighted by molar-refractivity contribution is 6.20. The Labute approximate surface area is 253 Å². The number of hydrogen-bond donors (Lipinski definition) is 0. The third-order valence-electron chi connectivity index (χ3n) is 9.21. The monoisotopic (exact) mass is 559 g/mol. The van der Waals surface area contributed by atoms with E-state index in [1.54, 1.807) is 0 Å². The summed E-state index contributed by atoms with van der Waals surface area (Å²) < 4.78 is 4.71. The van der Waals surface area contributed by atoms with Crippen molar-refractivity contribution in [3.05, 3.63) is 152 Å². The van der Waals surface area contributed by atoms with E-state index in [4.69, 9.17) is 4.98 Å². The topological polar surface area (TPSA) is 21.7 Å². The van der Waals surface area contributed by atoms with Crippen LogP contribution in [-0.2, 0) is 0 Å². The van der Waals surface area contributed by atoms with Crippen LogP contribution in [0.3, 0.4) is 0 Å². The van der Waals surface area contributed by atoms with Gasteiger partial charge in [-0.1, -0.05) is 109 Å². The second-order valence-electron chi connectivity index (χ2n) is 11.7. The van der Waals surface area contributed by atoms with Gasteiger partial charge in [0.2, 0.25) is 5.78 Å². The molecule has 44 heavy (non-hydrogen) atoms. The van der Waals surface area contributed by atoms with Crippen molar-refractivity contribution in [2.24, 2.45) is 0 Å². The molecule has 3 nitrogen and oxygen atoms in total. The van der Waals surface area contributed by atoms with E-state index in [1.807, 2.05) is 0 Å². The lowest BCUT2D eigenvalue weighted by atomic mass is 9.90. The molecule has 0 saturated heterocycles. The number of para-hydroxylation sites is 2. The zero-order chi connectivity index (χ0) is 28.8. The van der Waals surface area contributed by atoms with E-state index in [2.05, 4.69) is 160 Å². The highest BCUT2D eigenvalue weighted by Crippen LogP contribution is 2.43. The fourth-order valence-corrected chi connectivity index (χ4v) is 7.21. The molecule has 204 valence electrons. The van der Waals surface area contributed by atoms with Crippen molar-refractivity contribution in [3.63, 3.8) is 0 Å². The molecule has 0 atom stereocenters. The van der Waals surface area contributed by atoms with Crippen molar-refractivity contribution in [1.29, 1.82) is 0 Å². The summed E-state index contributed by atoms with van der Waals surface area (Å²) in [4.78, 5) is 5.17. The molecule has 3 aromatic heterocycles. The highest BCUT2D eigenvalue weighted by atomic mass is 15.2. The summed E-state index contributed by atoms with van der Waals surface area (Å²) in [7, 11) is 0. The minimum atomic E-state index is 0.955. The van der Waals surface area contributed by atoms with Gasteiger partial charge in [0.25, 0.3) is 0 Å². The van der Waals surface area contributed by atoms with Crippen molar-refractivity contribution < 1.29 is 0 Å². The van der Waals surface area contributed by atoms with Crippen molar-refractivity contribution >= 4 is 54.9 Å². The molecule has 0 N–H and O–H groups in total. The van der Waals surface area contributed by atoms with Gasteiger partial charge in [-0.15, -0.1) is 0 Å². The molecule has 0 radical (unpaired) electrons. The van der Waals surface area contributed by atoms with Crippen LogP contribution < -0.4 is 0 Å². The zero-order valence-corrected chi connectivity index (χ0v) is 23.8. The summed E-state index contributed by atoms with van der Waals surface area (Å²) in [5.74, 6) is 0.955. The van der Waals surface area contributed by atoms with Crippen LogP contribution in [-0.4, -0.2) is 13.8 Å². The summed E-state index contributed by atoms with van der Waals surface area (Å²) in [5.41, 5.74) is 13.0. The maximum atomic E-state index is 5.17. The molecule has 0 aliphatic rings. The number of rotatable bonds is 3. The van der Waals surface area contributed by atoms with E-state index >= 15 is 0 Å². The maximum absolute atomic E-state index is 5.17. The van der Waals surface area contributed by atoms with Gasteiger partial charge < -0.3 is 0 Å². The van der Waals surface area contributed by atoms with Gasteiger partial charge in [-0.2, -0.15) is 0 Å². The van der Waals surface area contributed by atoms with Crippen molar-refractivity contribution in [2.75, 3.05) is 0 Å². The molecule has 0 aliphatic heterocycles. The van der Waals surface area contributed by atoms with E-state index in [1.165, 1.54) is 71.5 Å². The molecular weight excluding hydrogens is 534 g/mol. The summed E-state index contributed by atoms with van der Waals surface area (Å²) in [6, 6.07) is 54.9. The van der Waals surface area contributed by atoms with E-state index in [0.29, 0.717) is 0 Å². The van der Waals surface area contributed by atoms with Gasteiger partial charge in [0.15, 0.2) is 0 Å². The molecule has 0 amide bonds. The summed E-state index contributed by atoms with van der Waals surface area (Å²) >= 11 is 0. The number of benzene rings is 7. The predicted octanol–water partition coefficient (Wildman–Crippen LogP) is 10.6. The molecule has 0 aliphatic carbocycles. The van der Waals surface area contributed by atoms with Crippen molar-refractivity contribution in [2.45, 2.75) is 0 Å². The normalized spacial score (nSPS) is 12.1. The Kier molecular flexibility index (Phi) is 4.72. The lowest BCUT2D eigenvalue weighted by Crippen LogP contribution is -1.89. The Morgan fingerprint density at radius 2 is 1.09 bits per heavy atom. The summed E-state index contributed by atoms with van der Waals surface area (Å²) in [6.45, 7) is 0. The Balaban J connectivity index is 1.35. The maximum Gasteiger partial charge on any atom is 0.220 e. The Morgan fingerprint density at radius 1 is 0.386 bits per heavy atom. The van der Waals surface area contributed by atoms with Crippen LogP contribution in [0.2, 0.25) is 0 Å². The first-order valence-electron chi connectivity index (χ1n) is 15.1. The minimum absolute atomic E-state index is 0.955. The quantitative estimate of drug-likeness (QED) is 0.211. The predicted molar refractivity (Wildman–Crippen MR) is 184 cm³/mol. The first-order valence-corrected chi connectivity index (χ1v) is 15.1. The molecule has 7 aromatic carbocycles. The summed E-state index contributed by atoms with van der Waals surface area (Å²) in [5, 5.41) is 4.98. The SMILES string of the molecule is c1ccc(-c2ccc(-c3cc4c5cc6ccccc6cc5n5c4c(c3)n3c4ccccc4nc35)c(-c3ccccc3)c2)cc1. The van der Waals surface area contributed by atoms with Crippen LogP contribution in [0.25, 0.3) is 88.3 Å². The fraction of sp³-hybridized carbons (Fsp3) is 0. The van der Waals surface area contributed by atoms with Crippen LogP contribution in [0.4, 0.5) is 0 Å². The molecule has 0 spiro atoms. The molecule has 0 bridgehead atoms. The fourth-order valence-electron chi connectivity index (χ4n) is 7.21. The summed E-state index contributed by atoms with van der Waals surface area (Å²) in [6.07, 6.45) is 0. The van der Waals surface area contributed by atoms with Gasteiger partial charge in [0.05, 0.1) is 27.6 Å². The smallest absolute Gasteiger partial charge is 0.220 e. The largest absolute Gasteiger partial charge is 0.277 e. The van der Waals surface area contributed by atoms with E-state index in [0.717, 1.165) is 16.8 Å². The second-order valence-corrected chi connectivity index (χ2v) is 11.7. The minimum Gasteiger partial charge on any atom is -0.277 e. The third-order valence-corrected chi connectivity index (χ3v) is 9.21. The van der Waals surface area contributed by atoms with Crippen LogP contribution in [0.5, 0.6) is 0 Å². The molecule has 3 heteroatoms. The molecule has 0 fully saturated rings. The Hall–Kier alpha value is -5.93. The van der Waals surface area contributed by atoms with Gasteiger partial charge in [-0.25, -0.2) is 4.98 Å². The Bertz CT molecular complexity index is 2700. The average Bonchev–Trinajstić information content (AvgIpc) is 3.73. The van der Waals surface area contributed by atoms with E-state index in [-0.39, 0.29) is 0 Å². The van der Waals surface area contributed by atoms with Crippen molar-refractivity contribution in [1.82, 2.24) is 13.8 Å². The van der Waals surface area contributed by atoms with Gasteiger partial charge >= 0.3 is 0 Å². The van der Waals surface area contributed by atoms with Gasteiger partial charge in [0, 0.05) is 10.8 Å². The van der Waals surface area contributed by atoms with E-state index < -0.39 is 0 Å². The zero-order valence-electron chi connectivity index (χ0n) is 23.8. The van der Waals surface area contributed by atoms with Crippen LogP contribution in [0.1, 0.15) is 0 Å². The van der Waals surface area contributed by atoms with Crippen LogP contribution in [0.15, 0.2) is 152 Å². The first-order chi connectivity index (χ1) is 21.8. The molecule has 3 heterocycles. The second kappa shape index (κ2) is 8.79. The number of aromatic nitrogens is 3. The van der Waals surface area contributed by atoms with Crippen LogP contribution in [0, 0.1) is 0 Å². The van der Waals surface area contributed by atoms with E-state index in [9.17, 15) is 0 Å². The number of nitrogens with zero attached hydrogens (tertiary/aromatic N) is 3. The van der Waals surface area contributed by atoms with Gasteiger partial charge in [-0.3, -0.25) is 8.80 Å². The number of imidazole rings is 2. The third kappa shape index (κ3) is 3.24. The molecule has 0 unspecified atom stereocenters. The molecular formula is C41H25N3. The highest BCUT2D eigenvalue weighted by Gasteiger charge is 2.23. The number of fused-ring (bicyclic) bond motifs is 9. The Morgan fingerprint density at radius 3 is 1.91 bits per heavy atom. The molecule has 0 saturated carbocycles. The molecule has 10 rings (SSSR count). The lowest BCUT2D eigenvalue weighted by molar-refractivity contribution is 1.22. The van der Waals surface area contributed by atoms with Gasteiger partial charge in [0.1, 0.15) is 0 Å². The average molecular weight is 560 g/mol. The van der Waals surface area contributed by atoms with Crippen molar-refractivity contribution in [3.8, 4) is 33.4 Å². The van der Waals surface area contributed by atoms with Gasteiger partial charge in [-0.05, 0) is 86.6 Å². The lowest BCUT2D eigenvalue weighted by Gasteiger charge is -2.14. The molecule has 10 aromatic rings. The number of hydrogen-bond acceptors (Lipinski definition) is 1.